The van der Waals surface area contributed by atoms with E-state index in [0.29, 0.717) is 0 Å². The van der Waals surface area contributed by atoms with E-state index in [-0.39, 0.29) is 5.41 Å². The minimum Gasteiger partial charge on any atom is -0.330 e. The van der Waals surface area contributed by atoms with Crippen LogP contribution in [0.3, 0.4) is 0 Å². The summed E-state index contributed by atoms with van der Waals surface area (Å²) in [6.07, 6.45) is 0. The van der Waals surface area contributed by atoms with Crippen LogP contribution in [0.4, 0.5) is 10.8 Å². The number of aromatic nitrogens is 2. The zero-order valence-corrected chi connectivity index (χ0v) is 11.4. The fourth-order valence-corrected chi connectivity index (χ4v) is 2.14. The number of hydrogen-bond acceptors (Lipinski definition) is 4. The summed E-state index contributed by atoms with van der Waals surface area (Å²) >= 11 is 1.56. The van der Waals surface area contributed by atoms with Crippen LogP contribution in [0.1, 0.15) is 31.3 Å². The van der Waals surface area contributed by atoms with Crippen molar-refractivity contribution in [2.75, 3.05) is 5.32 Å². The number of benzene rings is 1. The van der Waals surface area contributed by atoms with Gasteiger partial charge in [-0.05, 0) is 30.0 Å². The average molecular weight is 247 g/mol. The monoisotopic (exact) mass is 247 g/mol. The van der Waals surface area contributed by atoms with E-state index in [1.165, 1.54) is 5.56 Å². The molecule has 1 heterocycles. The SMILES string of the molecule is Cc1nnc(Nc2ccc(C(C)(C)C)cc2)s1. The Hall–Kier alpha value is -1.42. The van der Waals surface area contributed by atoms with E-state index in [0.717, 1.165) is 15.8 Å². The molecule has 17 heavy (non-hydrogen) atoms. The minimum absolute atomic E-state index is 0.192. The maximum absolute atomic E-state index is 4.04. The first-order valence-corrected chi connectivity index (χ1v) is 6.44. The van der Waals surface area contributed by atoms with Gasteiger partial charge in [-0.3, -0.25) is 0 Å². The van der Waals surface area contributed by atoms with Gasteiger partial charge in [0.2, 0.25) is 5.13 Å². The van der Waals surface area contributed by atoms with Crippen LogP contribution in [-0.4, -0.2) is 10.2 Å². The van der Waals surface area contributed by atoms with E-state index in [1.807, 2.05) is 6.92 Å². The number of anilines is 2. The van der Waals surface area contributed by atoms with Gasteiger partial charge in [-0.2, -0.15) is 0 Å². The molecule has 1 aromatic carbocycles. The molecule has 1 N–H and O–H groups in total. The number of rotatable bonds is 2. The molecule has 0 aliphatic rings. The van der Waals surface area contributed by atoms with Gasteiger partial charge in [0, 0.05) is 5.69 Å². The second-order valence-electron chi connectivity index (χ2n) is 5.08. The van der Waals surface area contributed by atoms with Crippen LogP contribution in [0.15, 0.2) is 24.3 Å². The summed E-state index contributed by atoms with van der Waals surface area (Å²) in [6.45, 7) is 8.59. The van der Waals surface area contributed by atoms with E-state index in [1.54, 1.807) is 11.3 Å². The van der Waals surface area contributed by atoms with Crippen LogP contribution in [0, 0.1) is 6.92 Å². The Morgan fingerprint density at radius 1 is 1.06 bits per heavy atom. The first-order valence-electron chi connectivity index (χ1n) is 5.63. The lowest BCUT2D eigenvalue weighted by Gasteiger charge is -2.19. The van der Waals surface area contributed by atoms with Crippen molar-refractivity contribution in [3.63, 3.8) is 0 Å². The van der Waals surface area contributed by atoms with Gasteiger partial charge in [0.15, 0.2) is 0 Å². The molecule has 0 saturated carbocycles. The summed E-state index contributed by atoms with van der Waals surface area (Å²) in [5.74, 6) is 0. The lowest BCUT2D eigenvalue weighted by atomic mass is 9.87. The summed E-state index contributed by atoms with van der Waals surface area (Å²) in [5.41, 5.74) is 2.57. The van der Waals surface area contributed by atoms with Crippen molar-refractivity contribution in [3.8, 4) is 0 Å². The van der Waals surface area contributed by atoms with Crippen molar-refractivity contribution < 1.29 is 0 Å². The standard InChI is InChI=1S/C13H17N3S/c1-9-15-16-12(17-9)14-11-7-5-10(6-8-11)13(2,3)4/h5-8H,1-4H3,(H,14,16). The van der Waals surface area contributed by atoms with Crippen molar-refractivity contribution in [2.24, 2.45) is 0 Å². The smallest absolute Gasteiger partial charge is 0.210 e. The van der Waals surface area contributed by atoms with E-state index < -0.39 is 0 Å². The van der Waals surface area contributed by atoms with Gasteiger partial charge in [-0.25, -0.2) is 0 Å². The maximum Gasteiger partial charge on any atom is 0.210 e. The van der Waals surface area contributed by atoms with Gasteiger partial charge in [0.05, 0.1) is 0 Å². The molecular weight excluding hydrogens is 230 g/mol. The van der Waals surface area contributed by atoms with Gasteiger partial charge >= 0.3 is 0 Å². The first-order chi connectivity index (χ1) is 7.95. The summed E-state index contributed by atoms with van der Waals surface area (Å²) in [4.78, 5) is 0. The fraction of sp³-hybridized carbons (Fsp3) is 0.385. The quantitative estimate of drug-likeness (QED) is 0.875. The number of hydrogen-bond donors (Lipinski definition) is 1. The zero-order chi connectivity index (χ0) is 12.5. The van der Waals surface area contributed by atoms with Crippen LogP contribution >= 0.6 is 11.3 Å². The van der Waals surface area contributed by atoms with Crippen molar-refractivity contribution in [1.82, 2.24) is 10.2 Å². The highest BCUT2D eigenvalue weighted by Gasteiger charge is 2.12. The third kappa shape index (κ3) is 3.03. The van der Waals surface area contributed by atoms with E-state index in [2.05, 4.69) is 60.6 Å². The molecule has 0 unspecified atom stereocenters. The minimum atomic E-state index is 0.192. The Morgan fingerprint density at radius 3 is 2.18 bits per heavy atom. The predicted octanol–water partition coefficient (Wildman–Crippen LogP) is 3.89. The van der Waals surface area contributed by atoms with Gasteiger partial charge in [-0.15, -0.1) is 10.2 Å². The highest BCUT2D eigenvalue weighted by Crippen LogP contribution is 2.25. The maximum atomic E-state index is 4.04. The molecule has 0 atom stereocenters. The van der Waals surface area contributed by atoms with Crippen molar-refractivity contribution in [1.29, 1.82) is 0 Å². The van der Waals surface area contributed by atoms with E-state index >= 15 is 0 Å². The topological polar surface area (TPSA) is 37.8 Å². The van der Waals surface area contributed by atoms with E-state index in [9.17, 15) is 0 Å². The molecule has 4 heteroatoms. The molecule has 0 radical (unpaired) electrons. The summed E-state index contributed by atoms with van der Waals surface area (Å²) in [7, 11) is 0. The molecule has 2 rings (SSSR count). The second kappa shape index (κ2) is 4.45. The van der Waals surface area contributed by atoms with Gasteiger partial charge in [0.25, 0.3) is 0 Å². The van der Waals surface area contributed by atoms with Crippen LogP contribution in [-0.2, 0) is 5.41 Å². The number of aryl methyl sites for hydroxylation is 1. The highest BCUT2D eigenvalue weighted by molar-refractivity contribution is 7.15. The third-order valence-electron chi connectivity index (χ3n) is 2.53. The van der Waals surface area contributed by atoms with Crippen LogP contribution < -0.4 is 5.32 Å². The fourth-order valence-electron chi connectivity index (χ4n) is 1.52. The Labute approximate surface area is 106 Å². The Kier molecular flexibility index (Phi) is 3.15. The largest absolute Gasteiger partial charge is 0.330 e. The lowest BCUT2D eigenvalue weighted by Crippen LogP contribution is -2.10. The molecule has 0 aliphatic carbocycles. The normalized spacial score (nSPS) is 11.5. The molecule has 0 fully saturated rings. The Bertz CT molecular complexity index is 494. The second-order valence-corrected chi connectivity index (χ2v) is 6.26. The van der Waals surface area contributed by atoms with E-state index in [4.69, 9.17) is 0 Å². The lowest BCUT2D eigenvalue weighted by molar-refractivity contribution is 0.590. The van der Waals surface area contributed by atoms with Gasteiger partial charge < -0.3 is 5.32 Å². The summed E-state index contributed by atoms with van der Waals surface area (Å²) in [6, 6.07) is 8.46. The van der Waals surface area contributed by atoms with Crippen molar-refractivity contribution in [2.45, 2.75) is 33.1 Å². The van der Waals surface area contributed by atoms with Crippen LogP contribution in [0.25, 0.3) is 0 Å². The number of nitrogens with one attached hydrogen (secondary N) is 1. The molecule has 0 amide bonds. The van der Waals surface area contributed by atoms with Crippen molar-refractivity contribution in [3.05, 3.63) is 34.8 Å². The number of nitrogens with zero attached hydrogens (tertiary/aromatic N) is 2. The molecule has 90 valence electrons. The Balaban J connectivity index is 2.13. The molecule has 0 saturated heterocycles. The van der Waals surface area contributed by atoms with Gasteiger partial charge in [0.1, 0.15) is 5.01 Å². The summed E-state index contributed by atoms with van der Waals surface area (Å²) < 4.78 is 0. The predicted molar refractivity (Wildman–Crippen MR) is 73.1 cm³/mol. The molecule has 0 spiro atoms. The molecule has 1 aromatic heterocycles. The third-order valence-corrected chi connectivity index (χ3v) is 3.28. The Morgan fingerprint density at radius 2 is 1.71 bits per heavy atom. The van der Waals surface area contributed by atoms with Gasteiger partial charge in [-0.1, -0.05) is 44.2 Å². The molecule has 0 aliphatic heterocycles. The molecule has 0 bridgehead atoms. The van der Waals surface area contributed by atoms with Crippen LogP contribution in [0.2, 0.25) is 0 Å². The summed E-state index contributed by atoms with van der Waals surface area (Å²) in [5, 5.41) is 13.1. The molecule has 2 aromatic rings. The molecular formula is C13H17N3S. The van der Waals surface area contributed by atoms with Crippen molar-refractivity contribution >= 4 is 22.2 Å². The molecule has 3 nitrogen and oxygen atoms in total. The zero-order valence-electron chi connectivity index (χ0n) is 10.6. The first kappa shape index (κ1) is 12.0. The average Bonchev–Trinajstić information content (AvgIpc) is 2.63. The van der Waals surface area contributed by atoms with Crippen LogP contribution in [0.5, 0.6) is 0 Å². The highest BCUT2D eigenvalue weighted by atomic mass is 32.1.